The van der Waals surface area contributed by atoms with E-state index in [1.165, 1.54) is 0 Å². The van der Waals surface area contributed by atoms with E-state index in [-0.39, 0.29) is 5.41 Å². The lowest BCUT2D eigenvalue weighted by atomic mass is 9.74. The number of rotatable bonds is 2. The van der Waals surface area contributed by atoms with Gasteiger partial charge in [0.15, 0.2) is 0 Å². The van der Waals surface area contributed by atoms with Gasteiger partial charge in [0.2, 0.25) is 5.91 Å². The predicted molar refractivity (Wildman–Crippen MR) is 89.4 cm³/mol. The van der Waals surface area contributed by atoms with Crippen molar-refractivity contribution in [3.63, 3.8) is 0 Å². The molecule has 5 heteroatoms. The molecule has 0 saturated carbocycles. The lowest BCUT2D eigenvalue weighted by Gasteiger charge is -2.32. The van der Waals surface area contributed by atoms with Crippen molar-refractivity contribution in [3.05, 3.63) is 29.3 Å². The standard InChI is InChI=1S/C17H26BNO3/c1-15(2,3)12-8-11(14(19)20)9-13(10-12)18-21-16(4,5)17(6,7)22-18/h8-10H,1-7H3,(H2,19,20). The van der Waals surface area contributed by atoms with Crippen LogP contribution in [0.15, 0.2) is 18.2 Å². The van der Waals surface area contributed by atoms with Gasteiger partial charge in [0, 0.05) is 5.56 Å². The summed E-state index contributed by atoms with van der Waals surface area (Å²) >= 11 is 0. The Balaban J connectivity index is 2.48. The Morgan fingerprint density at radius 1 is 1.05 bits per heavy atom. The van der Waals surface area contributed by atoms with E-state index in [0.29, 0.717) is 5.56 Å². The highest BCUT2D eigenvalue weighted by Crippen LogP contribution is 2.36. The molecule has 4 nitrogen and oxygen atoms in total. The van der Waals surface area contributed by atoms with Gasteiger partial charge in [-0.2, -0.15) is 0 Å². The Morgan fingerprint density at radius 2 is 1.55 bits per heavy atom. The van der Waals surface area contributed by atoms with Crippen molar-refractivity contribution in [2.24, 2.45) is 5.73 Å². The number of amides is 1. The van der Waals surface area contributed by atoms with E-state index < -0.39 is 24.2 Å². The highest BCUT2D eigenvalue weighted by Gasteiger charge is 2.51. The minimum absolute atomic E-state index is 0.0934. The molecule has 2 N–H and O–H groups in total. The number of benzene rings is 1. The molecular formula is C17H26BNO3. The number of nitrogens with two attached hydrogens (primary N) is 1. The third-order valence-electron chi connectivity index (χ3n) is 4.63. The fourth-order valence-corrected chi connectivity index (χ4v) is 2.34. The average molecular weight is 303 g/mol. The van der Waals surface area contributed by atoms with E-state index in [1.54, 1.807) is 6.07 Å². The van der Waals surface area contributed by atoms with Crippen molar-refractivity contribution in [2.45, 2.75) is 65.1 Å². The van der Waals surface area contributed by atoms with Crippen LogP contribution in [-0.2, 0) is 14.7 Å². The summed E-state index contributed by atoms with van der Waals surface area (Å²) in [6, 6.07) is 5.64. The monoisotopic (exact) mass is 303 g/mol. The summed E-state index contributed by atoms with van der Waals surface area (Å²) in [5.41, 5.74) is 6.91. The van der Waals surface area contributed by atoms with Gasteiger partial charge in [-0.15, -0.1) is 0 Å². The van der Waals surface area contributed by atoms with Gasteiger partial charge in [-0.3, -0.25) is 4.79 Å². The second-order valence-electron chi connectivity index (χ2n) is 8.05. The summed E-state index contributed by atoms with van der Waals surface area (Å²) < 4.78 is 12.2. The summed E-state index contributed by atoms with van der Waals surface area (Å²) in [6.45, 7) is 14.3. The lowest BCUT2D eigenvalue weighted by molar-refractivity contribution is 0.00578. The molecular weight excluding hydrogens is 277 g/mol. The number of hydrogen-bond donors (Lipinski definition) is 1. The van der Waals surface area contributed by atoms with Crippen LogP contribution in [-0.4, -0.2) is 24.2 Å². The number of hydrogen-bond acceptors (Lipinski definition) is 3. The Hall–Kier alpha value is -1.33. The second-order valence-corrected chi connectivity index (χ2v) is 8.05. The Bertz CT molecular complexity index is 586. The first kappa shape index (κ1) is 17.0. The van der Waals surface area contributed by atoms with Crippen molar-refractivity contribution in [1.82, 2.24) is 0 Å². The Labute approximate surface area is 133 Å². The first-order valence-electron chi connectivity index (χ1n) is 7.64. The molecule has 1 fully saturated rings. The molecule has 0 bridgehead atoms. The topological polar surface area (TPSA) is 61.6 Å². The van der Waals surface area contributed by atoms with Crippen LogP contribution in [0.5, 0.6) is 0 Å². The van der Waals surface area contributed by atoms with Crippen molar-refractivity contribution in [2.75, 3.05) is 0 Å². The van der Waals surface area contributed by atoms with Crippen LogP contribution in [0.3, 0.4) is 0 Å². The third kappa shape index (κ3) is 3.06. The predicted octanol–water partition coefficient (Wildman–Crippen LogP) is 2.38. The molecule has 1 saturated heterocycles. The Morgan fingerprint density at radius 3 is 1.95 bits per heavy atom. The van der Waals surface area contributed by atoms with Gasteiger partial charge in [0.25, 0.3) is 0 Å². The summed E-state index contributed by atoms with van der Waals surface area (Å²) in [5, 5.41) is 0. The van der Waals surface area contributed by atoms with E-state index in [1.807, 2.05) is 39.8 Å². The highest BCUT2D eigenvalue weighted by molar-refractivity contribution is 6.62. The molecule has 1 aliphatic heterocycles. The second kappa shape index (κ2) is 5.10. The smallest absolute Gasteiger partial charge is 0.399 e. The quantitative estimate of drug-likeness (QED) is 0.853. The molecule has 22 heavy (non-hydrogen) atoms. The largest absolute Gasteiger partial charge is 0.494 e. The number of carbonyl (C=O) groups excluding carboxylic acids is 1. The van der Waals surface area contributed by atoms with E-state index >= 15 is 0 Å². The molecule has 0 unspecified atom stereocenters. The molecule has 1 heterocycles. The van der Waals surface area contributed by atoms with Crippen LogP contribution >= 0.6 is 0 Å². The molecule has 1 aromatic rings. The molecule has 2 rings (SSSR count). The molecule has 1 amide bonds. The summed E-state index contributed by atoms with van der Waals surface area (Å²) in [6.07, 6.45) is 0. The average Bonchev–Trinajstić information content (AvgIpc) is 2.57. The zero-order valence-corrected chi connectivity index (χ0v) is 14.6. The highest BCUT2D eigenvalue weighted by atomic mass is 16.7. The maximum Gasteiger partial charge on any atom is 0.494 e. The molecule has 0 radical (unpaired) electrons. The third-order valence-corrected chi connectivity index (χ3v) is 4.63. The summed E-state index contributed by atoms with van der Waals surface area (Å²) in [5.74, 6) is -0.441. The zero-order valence-electron chi connectivity index (χ0n) is 14.6. The molecule has 0 spiro atoms. The van der Waals surface area contributed by atoms with E-state index in [2.05, 4.69) is 20.8 Å². The molecule has 1 aromatic carbocycles. The van der Waals surface area contributed by atoms with Gasteiger partial charge in [-0.25, -0.2) is 0 Å². The maximum absolute atomic E-state index is 11.6. The van der Waals surface area contributed by atoms with Gasteiger partial charge in [-0.05, 0) is 56.3 Å². The summed E-state index contributed by atoms with van der Waals surface area (Å²) in [7, 11) is -0.495. The van der Waals surface area contributed by atoms with Crippen molar-refractivity contribution in [1.29, 1.82) is 0 Å². The summed E-state index contributed by atoms with van der Waals surface area (Å²) in [4.78, 5) is 11.6. The van der Waals surface area contributed by atoms with Crippen LogP contribution in [0.2, 0.25) is 0 Å². The van der Waals surface area contributed by atoms with Gasteiger partial charge >= 0.3 is 7.12 Å². The Kier molecular flexibility index (Phi) is 3.95. The van der Waals surface area contributed by atoms with E-state index in [9.17, 15) is 4.79 Å². The van der Waals surface area contributed by atoms with Gasteiger partial charge in [0.1, 0.15) is 0 Å². The molecule has 0 atom stereocenters. The first-order chi connectivity index (χ1) is 9.83. The van der Waals surface area contributed by atoms with Gasteiger partial charge < -0.3 is 15.0 Å². The minimum atomic E-state index is -0.495. The van der Waals surface area contributed by atoms with E-state index in [0.717, 1.165) is 11.0 Å². The fourth-order valence-electron chi connectivity index (χ4n) is 2.34. The van der Waals surface area contributed by atoms with Crippen LogP contribution in [0, 0.1) is 0 Å². The van der Waals surface area contributed by atoms with Gasteiger partial charge in [-0.1, -0.05) is 26.8 Å². The molecule has 1 aliphatic rings. The molecule has 0 aliphatic carbocycles. The molecule has 0 aromatic heterocycles. The SMILES string of the molecule is CC(C)(C)c1cc(B2OC(C)(C)C(C)(C)O2)cc(C(N)=O)c1. The normalized spacial score (nSPS) is 20.2. The number of primary amides is 1. The number of carbonyl (C=O) groups is 1. The van der Waals surface area contributed by atoms with Crippen molar-refractivity contribution >= 4 is 18.5 Å². The maximum atomic E-state index is 11.6. The molecule has 120 valence electrons. The van der Waals surface area contributed by atoms with Crippen molar-refractivity contribution in [3.8, 4) is 0 Å². The van der Waals surface area contributed by atoms with Gasteiger partial charge in [0.05, 0.1) is 11.2 Å². The van der Waals surface area contributed by atoms with Crippen LogP contribution in [0.4, 0.5) is 0 Å². The van der Waals surface area contributed by atoms with Crippen LogP contribution in [0.1, 0.15) is 64.4 Å². The van der Waals surface area contributed by atoms with Crippen molar-refractivity contribution < 1.29 is 14.1 Å². The zero-order chi connectivity index (χ0) is 16.9. The van der Waals surface area contributed by atoms with E-state index in [4.69, 9.17) is 15.0 Å². The minimum Gasteiger partial charge on any atom is -0.399 e. The first-order valence-corrected chi connectivity index (χ1v) is 7.64. The lowest BCUT2D eigenvalue weighted by Crippen LogP contribution is -2.41. The van der Waals surface area contributed by atoms with Crippen LogP contribution < -0.4 is 11.2 Å². The van der Waals surface area contributed by atoms with Crippen LogP contribution in [0.25, 0.3) is 0 Å². The fraction of sp³-hybridized carbons (Fsp3) is 0.588.